The number of nitrogens with zero attached hydrogens (tertiary/aromatic N) is 2. The van der Waals surface area contributed by atoms with Gasteiger partial charge in [-0.05, 0) is 68.0 Å². The highest BCUT2D eigenvalue weighted by atomic mass is 32.1. The van der Waals surface area contributed by atoms with Gasteiger partial charge in [-0.25, -0.2) is 4.98 Å². The van der Waals surface area contributed by atoms with Crippen molar-refractivity contribution in [2.45, 2.75) is 51.6 Å². The molecule has 0 radical (unpaired) electrons. The Hall–Kier alpha value is -1.91. The Labute approximate surface area is 159 Å². The molecular weight excluding hydrogens is 338 g/mol. The lowest BCUT2D eigenvalue weighted by Gasteiger charge is -2.39. The van der Waals surface area contributed by atoms with E-state index in [0.717, 1.165) is 24.9 Å². The Morgan fingerprint density at radius 3 is 2.81 bits per heavy atom. The molecule has 4 rings (SSSR count). The van der Waals surface area contributed by atoms with Crippen molar-refractivity contribution in [3.05, 3.63) is 59.2 Å². The first-order valence-electron chi connectivity index (χ1n) is 9.64. The van der Waals surface area contributed by atoms with Gasteiger partial charge < -0.3 is 5.73 Å². The molecule has 0 amide bonds. The zero-order valence-electron chi connectivity index (χ0n) is 15.6. The second kappa shape index (κ2) is 7.37. The molecule has 0 saturated carbocycles. The molecule has 2 unspecified atom stereocenters. The van der Waals surface area contributed by atoms with E-state index in [0.29, 0.717) is 17.2 Å². The number of nitrogens with two attached hydrogens (primary N) is 1. The Kier molecular flexibility index (Phi) is 4.96. The Morgan fingerprint density at radius 2 is 2.04 bits per heavy atom. The van der Waals surface area contributed by atoms with Crippen LogP contribution in [0.25, 0.3) is 10.2 Å². The van der Waals surface area contributed by atoms with Crippen molar-refractivity contribution in [3.8, 4) is 0 Å². The molecule has 3 aromatic rings. The van der Waals surface area contributed by atoms with Crippen LogP contribution >= 0.6 is 11.3 Å². The minimum Gasteiger partial charge on any atom is -0.375 e. The molecule has 2 atom stereocenters. The number of fused-ring (bicyclic) bond motifs is 2. The number of anilines is 1. The van der Waals surface area contributed by atoms with Crippen molar-refractivity contribution in [3.63, 3.8) is 0 Å². The molecule has 1 aromatic heterocycles. The van der Waals surface area contributed by atoms with E-state index in [-0.39, 0.29) is 0 Å². The minimum atomic E-state index is 0.450. The van der Waals surface area contributed by atoms with E-state index < -0.39 is 0 Å². The minimum absolute atomic E-state index is 0.450. The van der Waals surface area contributed by atoms with E-state index in [1.54, 1.807) is 11.3 Å². The van der Waals surface area contributed by atoms with E-state index in [2.05, 4.69) is 66.2 Å². The maximum atomic E-state index is 5.91. The average molecular weight is 366 g/mol. The molecule has 3 nitrogen and oxygen atoms in total. The summed E-state index contributed by atoms with van der Waals surface area (Å²) in [6.45, 7) is 5.78. The summed E-state index contributed by atoms with van der Waals surface area (Å²) in [5, 5.41) is 0.671. The lowest BCUT2D eigenvalue weighted by atomic mass is 9.86. The van der Waals surface area contributed by atoms with Crippen LogP contribution in [-0.2, 0) is 12.8 Å². The fourth-order valence-corrected chi connectivity index (χ4v) is 5.11. The summed E-state index contributed by atoms with van der Waals surface area (Å²) < 4.78 is 1.22. The highest BCUT2D eigenvalue weighted by Crippen LogP contribution is 2.34. The molecule has 2 aromatic carbocycles. The third-order valence-electron chi connectivity index (χ3n) is 5.66. The van der Waals surface area contributed by atoms with E-state index in [4.69, 9.17) is 5.73 Å². The third kappa shape index (κ3) is 3.36. The second-order valence-corrected chi connectivity index (χ2v) is 8.42. The van der Waals surface area contributed by atoms with Crippen molar-refractivity contribution >= 4 is 26.7 Å². The van der Waals surface area contributed by atoms with Crippen LogP contribution in [0.3, 0.4) is 0 Å². The summed E-state index contributed by atoms with van der Waals surface area (Å²) in [7, 11) is 0. The Morgan fingerprint density at radius 1 is 1.23 bits per heavy atom. The van der Waals surface area contributed by atoms with Gasteiger partial charge >= 0.3 is 0 Å². The van der Waals surface area contributed by atoms with Gasteiger partial charge in [-0.15, -0.1) is 0 Å². The van der Waals surface area contributed by atoms with Crippen LogP contribution < -0.4 is 5.73 Å². The van der Waals surface area contributed by atoms with Gasteiger partial charge in [0.1, 0.15) is 0 Å². The highest BCUT2D eigenvalue weighted by molar-refractivity contribution is 7.22. The number of rotatable bonds is 5. The molecule has 136 valence electrons. The number of nitrogen functional groups attached to an aromatic ring is 1. The van der Waals surface area contributed by atoms with Gasteiger partial charge in [-0.1, -0.05) is 48.6 Å². The van der Waals surface area contributed by atoms with Crippen molar-refractivity contribution in [1.29, 1.82) is 0 Å². The summed E-state index contributed by atoms with van der Waals surface area (Å²) in [6.07, 6.45) is 4.66. The fourth-order valence-electron chi connectivity index (χ4n) is 4.33. The molecule has 1 aliphatic carbocycles. The number of hydrogen-bond acceptors (Lipinski definition) is 4. The molecule has 0 bridgehead atoms. The zero-order chi connectivity index (χ0) is 18.1. The number of thiazole rings is 1. The Balaban J connectivity index is 1.61. The molecule has 0 spiro atoms. The van der Waals surface area contributed by atoms with Crippen molar-refractivity contribution in [2.24, 2.45) is 0 Å². The van der Waals surface area contributed by atoms with Gasteiger partial charge in [0.25, 0.3) is 0 Å². The average Bonchev–Trinajstić information content (AvgIpc) is 3.02. The maximum absolute atomic E-state index is 5.91. The lowest BCUT2D eigenvalue weighted by Crippen LogP contribution is -2.41. The molecular formula is C22H27N3S. The van der Waals surface area contributed by atoms with Gasteiger partial charge in [0.05, 0.1) is 10.2 Å². The second-order valence-electron chi connectivity index (χ2n) is 7.36. The van der Waals surface area contributed by atoms with Crippen LogP contribution in [0, 0.1) is 0 Å². The van der Waals surface area contributed by atoms with Crippen molar-refractivity contribution in [1.82, 2.24) is 9.88 Å². The summed E-state index contributed by atoms with van der Waals surface area (Å²) in [5.41, 5.74) is 11.3. The molecule has 2 N–H and O–H groups in total. The number of aryl methyl sites for hydroxylation is 1. The number of aromatic nitrogens is 1. The van der Waals surface area contributed by atoms with Crippen molar-refractivity contribution in [2.75, 3.05) is 12.3 Å². The lowest BCUT2D eigenvalue weighted by molar-refractivity contribution is 0.130. The first-order chi connectivity index (χ1) is 12.7. The van der Waals surface area contributed by atoms with Crippen LogP contribution in [0.2, 0.25) is 0 Å². The van der Waals surface area contributed by atoms with Gasteiger partial charge in [-0.3, -0.25) is 4.90 Å². The predicted molar refractivity (Wildman–Crippen MR) is 112 cm³/mol. The largest absolute Gasteiger partial charge is 0.375 e. The van der Waals surface area contributed by atoms with Crippen LogP contribution in [0.15, 0.2) is 42.5 Å². The fraction of sp³-hybridized carbons (Fsp3) is 0.409. The van der Waals surface area contributed by atoms with Crippen molar-refractivity contribution < 1.29 is 0 Å². The zero-order valence-corrected chi connectivity index (χ0v) is 16.4. The standard InChI is InChI=1S/C22H27N3S/c1-3-11-25(15(2)16-7-5-4-6-8-16)19-10-9-17-13-20-21(14-18(17)12-19)26-22(23)24-20/h4-8,13-15,19H,3,9-12H2,1-2H3,(H2,23,24). The normalized spacial score (nSPS) is 18.2. The van der Waals surface area contributed by atoms with Gasteiger partial charge in [-0.2, -0.15) is 0 Å². The van der Waals surface area contributed by atoms with Crippen LogP contribution in [0.4, 0.5) is 5.13 Å². The smallest absolute Gasteiger partial charge is 0.181 e. The highest BCUT2D eigenvalue weighted by Gasteiger charge is 2.28. The predicted octanol–water partition coefficient (Wildman–Crippen LogP) is 5.21. The first-order valence-corrected chi connectivity index (χ1v) is 10.5. The van der Waals surface area contributed by atoms with E-state index in [1.807, 2.05) is 0 Å². The molecule has 0 saturated heterocycles. The quantitative estimate of drug-likeness (QED) is 0.675. The molecule has 0 aliphatic heterocycles. The van der Waals surface area contributed by atoms with E-state index in [1.165, 1.54) is 34.2 Å². The number of benzene rings is 2. The summed E-state index contributed by atoms with van der Waals surface area (Å²) in [4.78, 5) is 7.17. The van der Waals surface area contributed by atoms with Gasteiger partial charge in [0, 0.05) is 12.1 Å². The van der Waals surface area contributed by atoms with E-state index in [9.17, 15) is 0 Å². The first kappa shape index (κ1) is 17.5. The monoisotopic (exact) mass is 365 g/mol. The molecule has 1 aliphatic rings. The van der Waals surface area contributed by atoms with Gasteiger partial charge in [0.2, 0.25) is 0 Å². The topological polar surface area (TPSA) is 42.2 Å². The van der Waals surface area contributed by atoms with Crippen LogP contribution in [-0.4, -0.2) is 22.5 Å². The van der Waals surface area contributed by atoms with Crippen LogP contribution in [0.5, 0.6) is 0 Å². The number of hydrogen-bond donors (Lipinski definition) is 1. The summed E-state index contributed by atoms with van der Waals surface area (Å²) in [6, 6.07) is 16.6. The SMILES string of the molecule is CCCN(C1CCc2cc3nc(N)sc3cc2C1)C(C)c1ccccc1. The summed E-state index contributed by atoms with van der Waals surface area (Å²) >= 11 is 1.60. The third-order valence-corrected chi connectivity index (χ3v) is 6.51. The molecule has 0 fully saturated rings. The van der Waals surface area contributed by atoms with Gasteiger partial charge in [0.15, 0.2) is 5.13 Å². The van der Waals surface area contributed by atoms with E-state index >= 15 is 0 Å². The molecule has 1 heterocycles. The van der Waals surface area contributed by atoms with Crippen LogP contribution in [0.1, 0.15) is 49.4 Å². The molecule has 26 heavy (non-hydrogen) atoms. The maximum Gasteiger partial charge on any atom is 0.181 e. The molecule has 4 heteroatoms. The summed E-state index contributed by atoms with van der Waals surface area (Å²) in [5.74, 6) is 0. The Bertz CT molecular complexity index is 887.